The predicted octanol–water partition coefficient (Wildman–Crippen LogP) is 10.3. The summed E-state index contributed by atoms with van der Waals surface area (Å²) in [4.78, 5) is 0. The molecule has 1 heterocycles. The zero-order chi connectivity index (χ0) is 34.4. The fourth-order valence-corrected chi connectivity index (χ4v) is 7.27. The molecule has 2 aliphatic rings. The lowest BCUT2D eigenvalue weighted by Crippen LogP contribution is -2.35. The molecule has 1 N–H and O–H groups in total. The summed E-state index contributed by atoms with van der Waals surface area (Å²) in [5, 5.41) is 11.5. The molecule has 246 valence electrons. The van der Waals surface area contributed by atoms with Crippen molar-refractivity contribution in [3.8, 4) is 34.1 Å². The Morgan fingerprint density at radius 1 is 0.729 bits per heavy atom. The number of phenols is 1. The summed E-state index contributed by atoms with van der Waals surface area (Å²) in [6.45, 7) is 3.12. The molecule has 0 radical (unpaired) electrons. The minimum absolute atomic E-state index is 0.0510. The van der Waals surface area contributed by atoms with E-state index in [1.807, 2.05) is 42.5 Å². The maximum atomic E-state index is 14.7. The van der Waals surface area contributed by atoms with E-state index in [0.717, 1.165) is 11.6 Å². The summed E-state index contributed by atoms with van der Waals surface area (Å²) >= 11 is 0. The number of hydrogen-bond donors (Lipinski definition) is 1. The van der Waals surface area contributed by atoms with Gasteiger partial charge in [0.2, 0.25) is 0 Å². The number of aromatic hydroxyl groups is 1. The van der Waals surface area contributed by atoms with Gasteiger partial charge in [-0.3, -0.25) is 0 Å². The van der Waals surface area contributed by atoms with Gasteiger partial charge in [-0.15, -0.1) is 0 Å². The lowest BCUT2D eigenvalue weighted by molar-refractivity contribution is -0.143. The Morgan fingerprint density at radius 3 is 2.00 bits per heavy atom. The highest BCUT2D eigenvalue weighted by Crippen LogP contribution is 2.61. The van der Waals surface area contributed by atoms with Crippen molar-refractivity contribution in [3.05, 3.63) is 124 Å². The Balaban J connectivity index is 1.61. The van der Waals surface area contributed by atoms with E-state index in [1.54, 1.807) is 45.2 Å². The van der Waals surface area contributed by atoms with E-state index >= 15 is 0 Å². The van der Waals surface area contributed by atoms with Crippen LogP contribution in [0.25, 0.3) is 28.0 Å². The summed E-state index contributed by atoms with van der Waals surface area (Å²) in [6, 6.07) is 20.3. The number of hydrogen-bond acceptors (Lipinski definition) is 4. The molecule has 48 heavy (non-hydrogen) atoms. The topological polar surface area (TPSA) is 47.9 Å². The van der Waals surface area contributed by atoms with Gasteiger partial charge in [0.25, 0.3) is 0 Å². The van der Waals surface area contributed by atoms with E-state index in [1.165, 1.54) is 19.2 Å². The van der Waals surface area contributed by atoms with Crippen molar-refractivity contribution in [2.75, 3.05) is 14.2 Å². The van der Waals surface area contributed by atoms with Gasteiger partial charge in [0.1, 0.15) is 11.5 Å². The number of rotatable bonds is 4. The first-order valence-corrected chi connectivity index (χ1v) is 14.9. The van der Waals surface area contributed by atoms with Gasteiger partial charge in [-0.25, -0.2) is 0 Å². The number of phenolic OH excluding ortho intramolecular Hbond substituents is 1. The molecule has 0 fully saturated rings. The molecule has 0 amide bonds. The van der Waals surface area contributed by atoms with Crippen molar-refractivity contribution in [3.63, 3.8) is 0 Å². The highest BCUT2D eigenvalue weighted by molar-refractivity contribution is 6.10. The van der Waals surface area contributed by atoms with Gasteiger partial charge >= 0.3 is 12.4 Å². The van der Waals surface area contributed by atoms with E-state index in [-0.39, 0.29) is 45.4 Å². The maximum absolute atomic E-state index is 14.7. The van der Waals surface area contributed by atoms with Crippen molar-refractivity contribution in [1.29, 1.82) is 0 Å². The molecule has 0 aromatic heterocycles. The minimum atomic E-state index is -5.09. The molecule has 1 atom stereocenters. The molecule has 0 saturated carbocycles. The van der Waals surface area contributed by atoms with Crippen LogP contribution in [0.3, 0.4) is 0 Å². The third kappa shape index (κ3) is 4.52. The minimum Gasteiger partial charge on any atom is -0.504 e. The lowest BCUT2D eigenvalue weighted by atomic mass is 9.75. The van der Waals surface area contributed by atoms with E-state index in [0.29, 0.717) is 27.8 Å². The zero-order valence-electron chi connectivity index (χ0n) is 26.1. The van der Waals surface area contributed by atoms with Crippen molar-refractivity contribution in [2.24, 2.45) is 0 Å². The van der Waals surface area contributed by atoms with Crippen LogP contribution >= 0.6 is 0 Å². The molecule has 0 saturated heterocycles. The molecule has 1 aliphatic carbocycles. The molecule has 10 heteroatoms. The largest absolute Gasteiger partial charge is 0.504 e. The Morgan fingerprint density at radius 2 is 1.40 bits per heavy atom. The van der Waals surface area contributed by atoms with Crippen LogP contribution < -0.4 is 14.2 Å². The molecule has 5 aromatic rings. The normalized spacial score (nSPS) is 17.8. The highest BCUT2D eigenvalue weighted by atomic mass is 19.4. The summed E-state index contributed by atoms with van der Waals surface area (Å²) in [6.07, 6.45) is -6.57. The smallest absolute Gasteiger partial charge is 0.416 e. The number of benzene rings is 5. The van der Waals surface area contributed by atoms with Crippen LogP contribution in [0.15, 0.2) is 84.9 Å². The van der Waals surface area contributed by atoms with Crippen molar-refractivity contribution in [2.45, 2.75) is 37.2 Å². The van der Waals surface area contributed by atoms with Gasteiger partial charge in [0.05, 0.1) is 25.3 Å². The van der Waals surface area contributed by atoms with E-state index in [4.69, 9.17) is 14.2 Å². The molecule has 0 bridgehead atoms. The second-order valence-electron chi connectivity index (χ2n) is 12.4. The third-order valence-corrected chi connectivity index (χ3v) is 9.36. The average molecular weight is 663 g/mol. The molecule has 7 rings (SSSR count). The van der Waals surface area contributed by atoms with Crippen LogP contribution in [0.2, 0.25) is 0 Å². The van der Waals surface area contributed by atoms with Crippen molar-refractivity contribution < 1.29 is 45.7 Å². The van der Waals surface area contributed by atoms with E-state index < -0.39 is 34.5 Å². The van der Waals surface area contributed by atoms with E-state index in [9.17, 15) is 31.4 Å². The summed E-state index contributed by atoms with van der Waals surface area (Å²) < 4.78 is 104. The van der Waals surface area contributed by atoms with Gasteiger partial charge in [-0.05, 0) is 70.1 Å². The number of ether oxygens (including phenoxy) is 3. The van der Waals surface area contributed by atoms with Crippen LogP contribution in [0.5, 0.6) is 23.0 Å². The van der Waals surface area contributed by atoms with Crippen LogP contribution in [0, 0.1) is 0 Å². The monoisotopic (exact) mass is 662 g/mol. The summed E-state index contributed by atoms with van der Waals surface area (Å²) in [7, 11) is 2.89. The van der Waals surface area contributed by atoms with Crippen LogP contribution in [-0.4, -0.2) is 19.3 Å². The van der Waals surface area contributed by atoms with Crippen LogP contribution in [0.4, 0.5) is 26.3 Å². The van der Waals surface area contributed by atoms with Crippen LogP contribution in [-0.2, 0) is 23.4 Å². The van der Waals surface area contributed by atoms with Crippen molar-refractivity contribution >= 4 is 16.8 Å². The Labute approximate surface area is 271 Å². The van der Waals surface area contributed by atoms with Crippen LogP contribution in [0.1, 0.15) is 52.8 Å². The molecule has 0 spiro atoms. The fraction of sp³-hybridized carbons (Fsp3) is 0.211. The summed E-state index contributed by atoms with van der Waals surface area (Å²) in [5.74, 6) is 0.603. The Hall–Kier alpha value is -5.12. The Kier molecular flexibility index (Phi) is 6.85. The van der Waals surface area contributed by atoms with Gasteiger partial charge in [0.15, 0.2) is 17.1 Å². The predicted molar refractivity (Wildman–Crippen MR) is 170 cm³/mol. The zero-order valence-corrected chi connectivity index (χ0v) is 26.1. The molecular weight excluding hydrogens is 634 g/mol. The maximum Gasteiger partial charge on any atom is 0.416 e. The first-order chi connectivity index (χ1) is 22.6. The second-order valence-corrected chi connectivity index (χ2v) is 12.4. The molecule has 4 nitrogen and oxygen atoms in total. The van der Waals surface area contributed by atoms with Crippen molar-refractivity contribution in [1.82, 2.24) is 0 Å². The fourth-order valence-electron chi connectivity index (χ4n) is 7.27. The molecular formula is C38H28F6O4. The van der Waals surface area contributed by atoms with Gasteiger partial charge < -0.3 is 19.3 Å². The highest BCUT2D eigenvalue weighted by Gasteiger charge is 2.50. The quantitative estimate of drug-likeness (QED) is 0.195. The molecule has 1 unspecified atom stereocenters. The molecule has 1 aliphatic heterocycles. The number of methoxy groups -OCH3 is 2. The van der Waals surface area contributed by atoms with Gasteiger partial charge in [-0.1, -0.05) is 62.4 Å². The van der Waals surface area contributed by atoms with Gasteiger partial charge in [-0.2, -0.15) is 26.3 Å². The SMILES string of the molecule is COc1ccc(C2(c3ccccc3)C=Cc3c4c(c5cc(O)c(OC)cc5c3O2)-c2cc(C(F)(F)F)cc(C(F)(F)F)c2C4(C)C)cc1. The second kappa shape index (κ2) is 10.4. The molecule has 5 aromatic carbocycles. The first kappa shape index (κ1) is 31.5. The number of alkyl halides is 6. The lowest BCUT2D eigenvalue weighted by Gasteiger charge is -2.38. The van der Waals surface area contributed by atoms with Gasteiger partial charge in [0, 0.05) is 27.5 Å². The summed E-state index contributed by atoms with van der Waals surface area (Å²) in [5.41, 5.74) is -3.58. The number of fused-ring (bicyclic) bond motifs is 8. The third-order valence-electron chi connectivity index (χ3n) is 9.36. The number of halogens is 6. The Bertz CT molecular complexity index is 2130. The standard InChI is InChI=1S/C38H28F6O4/c1-35(2)32-27(16-22(37(39,40)41)17-28(32)38(42,43)44)31-25-18-29(45)30(47-4)19-26(25)34-24(33(31)35)14-15-36(48-34,20-8-6-5-7-9-20)21-10-12-23(46-3)13-11-21/h5-19,45H,1-4H3. The average Bonchev–Trinajstić information content (AvgIpc) is 3.30. The van der Waals surface area contributed by atoms with E-state index in [2.05, 4.69) is 0 Å². The first-order valence-electron chi connectivity index (χ1n) is 14.9.